The van der Waals surface area contributed by atoms with Gasteiger partial charge in [-0.15, -0.1) is 0 Å². The lowest BCUT2D eigenvalue weighted by Gasteiger charge is -2.45. The molecule has 2 unspecified atom stereocenters. The molecule has 2 aliphatic carbocycles. The quantitative estimate of drug-likeness (QED) is 0.204. The summed E-state index contributed by atoms with van der Waals surface area (Å²) >= 11 is 0. The molecule has 0 radical (unpaired) electrons. The first-order valence-corrected chi connectivity index (χ1v) is 14.5. The molecule has 4 atom stereocenters. The molecular formula is C25H42O3Si. The molecule has 4 heteroatoms. The maximum atomic E-state index is 11.5. The fraction of sp³-hybridized carbons (Fsp3) is 0.720. The summed E-state index contributed by atoms with van der Waals surface area (Å²) in [7, 11) is -1.82. The van der Waals surface area contributed by atoms with E-state index in [1.165, 1.54) is 12.5 Å². The molecule has 0 aromatic carbocycles. The van der Waals surface area contributed by atoms with Crippen molar-refractivity contribution in [2.24, 2.45) is 28.6 Å². The molecule has 0 aliphatic heterocycles. The molecule has 0 N–H and O–H groups in total. The van der Waals surface area contributed by atoms with Crippen LogP contribution < -0.4 is 0 Å². The molecule has 1 fully saturated rings. The third-order valence-electron chi connectivity index (χ3n) is 6.84. The highest BCUT2D eigenvalue weighted by molar-refractivity contribution is 6.70. The fourth-order valence-electron chi connectivity index (χ4n) is 5.92. The van der Waals surface area contributed by atoms with E-state index in [9.17, 15) is 4.79 Å². The Morgan fingerprint density at radius 3 is 2.45 bits per heavy atom. The molecule has 1 saturated carbocycles. The lowest BCUT2D eigenvalue weighted by molar-refractivity contribution is -0.140. The molecule has 0 aromatic rings. The SMILES string of the molecule is C/C=C\C(C)(C)C1=CC[C@]2(C)/C(=C(/COC(C)=O)O[Si](C)(C)C)[C@H](C)CC2C1C. The van der Waals surface area contributed by atoms with Gasteiger partial charge in [0.15, 0.2) is 0 Å². The predicted molar refractivity (Wildman–Crippen MR) is 124 cm³/mol. The minimum atomic E-state index is -1.82. The number of carbonyl (C=O) groups is 1. The average Bonchev–Trinajstić information content (AvgIpc) is 2.82. The highest BCUT2D eigenvalue weighted by atomic mass is 28.4. The van der Waals surface area contributed by atoms with Gasteiger partial charge in [-0.2, -0.15) is 0 Å². The second-order valence-corrected chi connectivity index (χ2v) is 15.3. The third-order valence-corrected chi connectivity index (χ3v) is 7.70. The Hall–Kier alpha value is -1.29. The Morgan fingerprint density at radius 2 is 1.93 bits per heavy atom. The van der Waals surface area contributed by atoms with Gasteiger partial charge >= 0.3 is 5.97 Å². The number of rotatable bonds is 6. The van der Waals surface area contributed by atoms with E-state index < -0.39 is 8.32 Å². The Labute approximate surface area is 179 Å². The molecule has 0 aromatic heterocycles. The summed E-state index contributed by atoms with van der Waals surface area (Å²) in [5.74, 6) is 2.21. The molecule has 3 nitrogen and oxygen atoms in total. The van der Waals surface area contributed by atoms with Gasteiger partial charge in [-0.05, 0) is 68.1 Å². The van der Waals surface area contributed by atoms with Crippen molar-refractivity contribution in [2.45, 2.75) is 80.9 Å². The van der Waals surface area contributed by atoms with Gasteiger partial charge in [0.2, 0.25) is 8.32 Å². The average molecular weight is 419 g/mol. The van der Waals surface area contributed by atoms with Crippen LogP contribution in [0.2, 0.25) is 19.6 Å². The van der Waals surface area contributed by atoms with Crippen LogP contribution in [0.3, 0.4) is 0 Å². The summed E-state index contributed by atoms with van der Waals surface area (Å²) < 4.78 is 12.0. The molecule has 164 valence electrons. The van der Waals surface area contributed by atoms with Crippen LogP contribution in [0.25, 0.3) is 0 Å². The largest absolute Gasteiger partial charge is 0.545 e. The molecule has 0 amide bonds. The fourth-order valence-corrected chi connectivity index (χ4v) is 6.83. The van der Waals surface area contributed by atoms with E-state index in [1.807, 2.05) is 0 Å². The molecule has 2 aliphatic rings. The van der Waals surface area contributed by atoms with Crippen molar-refractivity contribution in [1.82, 2.24) is 0 Å². The van der Waals surface area contributed by atoms with Crippen LogP contribution in [0.4, 0.5) is 0 Å². The summed E-state index contributed by atoms with van der Waals surface area (Å²) in [6.07, 6.45) is 9.17. The highest BCUT2D eigenvalue weighted by Gasteiger charge is 2.53. The van der Waals surface area contributed by atoms with Crippen LogP contribution in [-0.4, -0.2) is 20.9 Å². The Kier molecular flexibility index (Phi) is 6.99. The minimum Gasteiger partial charge on any atom is -0.545 e. The van der Waals surface area contributed by atoms with Crippen molar-refractivity contribution < 1.29 is 14.0 Å². The van der Waals surface area contributed by atoms with E-state index in [0.717, 1.165) is 18.6 Å². The molecule has 0 spiro atoms. The van der Waals surface area contributed by atoms with Crippen LogP contribution in [-0.2, 0) is 14.0 Å². The maximum Gasteiger partial charge on any atom is 0.303 e. The van der Waals surface area contributed by atoms with Crippen LogP contribution in [0.5, 0.6) is 0 Å². The van der Waals surface area contributed by atoms with E-state index in [1.54, 1.807) is 5.57 Å². The zero-order chi connectivity index (χ0) is 22.2. The summed E-state index contributed by atoms with van der Waals surface area (Å²) in [5, 5.41) is 0. The summed E-state index contributed by atoms with van der Waals surface area (Å²) in [4.78, 5) is 11.5. The maximum absolute atomic E-state index is 11.5. The number of hydrogen-bond acceptors (Lipinski definition) is 3. The Bertz CT molecular complexity index is 723. The van der Waals surface area contributed by atoms with Crippen molar-refractivity contribution in [3.8, 4) is 0 Å². The van der Waals surface area contributed by atoms with Gasteiger partial charge in [0, 0.05) is 12.3 Å². The molecule has 0 saturated heterocycles. The number of esters is 1. The number of carbonyl (C=O) groups excluding carboxylic acids is 1. The Balaban J connectivity index is 2.53. The first kappa shape index (κ1) is 24.0. The van der Waals surface area contributed by atoms with Gasteiger partial charge in [0.05, 0.1) is 0 Å². The molecule has 0 bridgehead atoms. The van der Waals surface area contributed by atoms with Gasteiger partial charge in [0.1, 0.15) is 12.4 Å². The smallest absolute Gasteiger partial charge is 0.303 e. The van der Waals surface area contributed by atoms with Crippen molar-refractivity contribution in [1.29, 1.82) is 0 Å². The normalized spacial score (nSPS) is 32.1. The van der Waals surface area contributed by atoms with Gasteiger partial charge in [-0.25, -0.2) is 0 Å². The van der Waals surface area contributed by atoms with Gasteiger partial charge < -0.3 is 9.16 Å². The zero-order valence-corrected chi connectivity index (χ0v) is 21.3. The van der Waals surface area contributed by atoms with Gasteiger partial charge in [0.25, 0.3) is 0 Å². The third kappa shape index (κ3) is 5.07. The van der Waals surface area contributed by atoms with E-state index in [2.05, 4.69) is 79.4 Å². The van der Waals surface area contributed by atoms with Gasteiger partial charge in [-0.1, -0.05) is 58.4 Å². The van der Waals surface area contributed by atoms with Crippen molar-refractivity contribution in [3.05, 3.63) is 35.1 Å². The molecule has 29 heavy (non-hydrogen) atoms. The summed E-state index contributed by atoms with van der Waals surface area (Å²) in [6, 6.07) is 0. The van der Waals surface area contributed by atoms with E-state index in [4.69, 9.17) is 9.16 Å². The first-order chi connectivity index (χ1) is 13.2. The molecular weight excluding hydrogens is 376 g/mol. The number of ether oxygens (including phenoxy) is 1. The van der Waals surface area contributed by atoms with E-state index >= 15 is 0 Å². The van der Waals surface area contributed by atoms with Gasteiger partial charge in [-0.3, -0.25) is 4.79 Å². The minimum absolute atomic E-state index is 0.0590. The van der Waals surface area contributed by atoms with Crippen molar-refractivity contribution in [2.75, 3.05) is 6.61 Å². The molecule has 0 heterocycles. The second-order valence-electron chi connectivity index (χ2n) is 10.9. The monoisotopic (exact) mass is 418 g/mol. The summed E-state index contributed by atoms with van der Waals surface area (Å²) in [6.45, 7) is 22.2. The second kappa shape index (κ2) is 8.45. The lowest BCUT2D eigenvalue weighted by Crippen LogP contribution is -2.37. The van der Waals surface area contributed by atoms with E-state index in [0.29, 0.717) is 17.8 Å². The number of allylic oxidation sites excluding steroid dienone is 5. The lowest BCUT2D eigenvalue weighted by atomic mass is 9.59. The van der Waals surface area contributed by atoms with Crippen LogP contribution >= 0.6 is 0 Å². The Morgan fingerprint density at radius 1 is 1.31 bits per heavy atom. The van der Waals surface area contributed by atoms with Crippen LogP contribution in [0.1, 0.15) is 61.3 Å². The summed E-state index contributed by atoms with van der Waals surface area (Å²) in [5.41, 5.74) is 3.08. The van der Waals surface area contributed by atoms with Crippen LogP contribution in [0.15, 0.2) is 35.1 Å². The highest BCUT2D eigenvalue weighted by Crippen LogP contribution is 2.61. The zero-order valence-electron chi connectivity index (χ0n) is 20.3. The van der Waals surface area contributed by atoms with Crippen molar-refractivity contribution in [3.63, 3.8) is 0 Å². The topological polar surface area (TPSA) is 35.5 Å². The van der Waals surface area contributed by atoms with E-state index in [-0.39, 0.29) is 23.4 Å². The standard InChI is InChI=1S/C25H42O3Si/c1-11-13-24(5,6)20-12-14-25(7)21(18(20)3)15-17(2)23(25)22(16-27-19(4)26)28-29(8,9)10/h11-13,17-18,21H,14-16H2,1-10H3/b13-11-,23-22-/t17-,18?,21?,25+/m1/s1. The predicted octanol–water partition coefficient (Wildman–Crippen LogP) is 6.89. The van der Waals surface area contributed by atoms with Crippen molar-refractivity contribution >= 4 is 14.3 Å². The number of hydrogen-bond donors (Lipinski definition) is 0. The molecule has 2 rings (SSSR count). The number of fused-ring (bicyclic) bond motifs is 1. The van der Waals surface area contributed by atoms with Crippen LogP contribution in [0, 0.1) is 28.6 Å². The first-order valence-electron chi connectivity index (χ1n) is 11.1.